The van der Waals surface area contributed by atoms with Crippen LogP contribution in [0.3, 0.4) is 0 Å². The number of likely N-dealkylation sites (tertiary alicyclic amines) is 1. The standard InChI is InChI=1S/C30H34N4O5/c35-26-12-8-21(9-13-26)27-23(19-34(31-27)25-4-2-1-3-5-25)18-32-16-14-30(15-17-32)20-33(29(38)39-30)24-10-6-22(7-11-24)28(36)37/h6-13,19,25,35H,1-5,14-18,20H2,(H,36,37). The van der Waals surface area contributed by atoms with Crippen molar-refractivity contribution in [3.05, 3.63) is 65.9 Å². The van der Waals surface area contributed by atoms with E-state index in [2.05, 4.69) is 15.8 Å². The molecule has 0 radical (unpaired) electrons. The molecule has 2 N–H and O–H groups in total. The van der Waals surface area contributed by atoms with Gasteiger partial charge in [0.05, 0.1) is 23.8 Å². The molecule has 0 unspecified atom stereocenters. The van der Waals surface area contributed by atoms with Crippen molar-refractivity contribution in [3.8, 4) is 17.0 Å². The van der Waals surface area contributed by atoms with Gasteiger partial charge in [-0.1, -0.05) is 19.3 Å². The van der Waals surface area contributed by atoms with Crippen molar-refractivity contribution in [2.45, 2.75) is 63.1 Å². The van der Waals surface area contributed by atoms with Crippen LogP contribution in [0, 0.1) is 0 Å². The molecule has 204 valence electrons. The van der Waals surface area contributed by atoms with Gasteiger partial charge in [0.25, 0.3) is 0 Å². The lowest BCUT2D eigenvalue weighted by atomic mass is 9.91. The zero-order chi connectivity index (χ0) is 27.0. The summed E-state index contributed by atoms with van der Waals surface area (Å²) in [5.41, 5.74) is 3.44. The zero-order valence-corrected chi connectivity index (χ0v) is 22.0. The van der Waals surface area contributed by atoms with Crippen LogP contribution in [0.1, 0.15) is 66.9 Å². The Bertz CT molecular complexity index is 1340. The largest absolute Gasteiger partial charge is 0.508 e. The van der Waals surface area contributed by atoms with E-state index in [9.17, 15) is 14.7 Å². The summed E-state index contributed by atoms with van der Waals surface area (Å²) < 4.78 is 8.09. The second kappa shape index (κ2) is 10.4. The molecule has 1 amide bonds. The topological polar surface area (TPSA) is 108 Å². The first-order valence-corrected chi connectivity index (χ1v) is 13.8. The highest BCUT2D eigenvalue weighted by molar-refractivity contribution is 5.92. The van der Waals surface area contributed by atoms with Crippen LogP contribution in [0.25, 0.3) is 11.3 Å². The number of phenolic OH excluding ortho intramolecular Hbond substituents is 1. The Hall–Kier alpha value is -3.85. The minimum Gasteiger partial charge on any atom is -0.508 e. The molecule has 3 fully saturated rings. The number of ether oxygens (including phenoxy) is 1. The van der Waals surface area contributed by atoms with Gasteiger partial charge in [-0.25, -0.2) is 9.59 Å². The number of piperidine rings is 1. The Morgan fingerprint density at radius 2 is 1.69 bits per heavy atom. The number of amides is 1. The van der Waals surface area contributed by atoms with Gasteiger partial charge >= 0.3 is 12.1 Å². The Kier molecular flexibility index (Phi) is 6.76. The minimum atomic E-state index is -0.993. The summed E-state index contributed by atoms with van der Waals surface area (Å²) in [5.74, 6) is -0.751. The maximum Gasteiger partial charge on any atom is 0.415 e. The number of aromatic hydroxyl groups is 1. The normalized spacial score (nSPS) is 19.9. The van der Waals surface area contributed by atoms with Crippen molar-refractivity contribution in [2.24, 2.45) is 0 Å². The Morgan fingerprint density at radius 3 is 2.36 bits per heavy atom. The summed E-state index contributed by atoms with van der Waals surface area (Å²) in [7, 11) is 0. The lowest BCUT2D eigenvalue weighted by Gasteiger charge is -2.37. The number of carbonyl (C=O) groups excluding carboxylic acids is 1. The highest BCUT2D eigenvalue weighted by Gasteiger charge is 2.47. The number of hydrogen-bond acceptors (Lipinski definition) is 6. The molecule has 3 heterocycles. The molecule has 1 aromatic heterocycles. The Balaban J connectivity index is 1.15. The number of carboxylic acid groups (broad SMARTS) is 1. The van der Waals surface area contributed by atoms with Gasteiger partial charge in [-0.2, -0.15) is 5.10 Å². The van der Waals surface area contributed by atoms with E-state index in [1.165, 1.54) is 37.0 Å². The van der Waals surface area contributed by atoms with Crippen LogP contribution in [-0.4, -0.2) is 62.2 Å². The molecule has 6 rings (SSSR count). The van der Waals surface area contributed by atoms with E-state index in [0.29, 0.717) is 18.3 Å². The zero-order valence-electron chi connectivity index (χ0n) is 22.0. The number of anilines is 1. The van der Waals surface area contributed by atoms with Gasteiger partial charge in [0.15, 0.2) is 0 Å². The summed E-state index contributed by atoms with van der Waals surface area (Å²) in [5, 5.41) is 24.0. The van der Waals surface area contributed by atoms with E-state index in [-0.39, 0.29) is 17.4 Å². The van der Waals surface area contributed by atoms with Crippen LogP contribution >= 0.6 is 0 Å². The van der Waals surface area contributed by atoms with Crippen LogP contribution in [-0.2, 0) is 11.3 Å². The van der Waals surface area contributed by atoms with E-state index in [0.717, 1.165) is 56.6 Å². The van der Waals surface area contributed by atoms with Gasteiger partial charge in [0.2, 0.25) is 0 Å². The second-order valence-electron chi connectivity index (χ2n) is 11.1. The van der Waals surface area contributed by atoms with Gasteiger partial charge < -0.3 is 14.9 Å². The number of aromatic carboxylic acids is 1. The van der Waals surface area contributed by atoms with E-state index < -0.39 is 11.6 Å². The first-order valence-electron chi connectivity index (χ1n) is 13.8. The average Bonchev–Trinajstić information content (AvgIpc) is 3.52. The molecular formula is C30H34N4O5. The molecule has 0 bridgehead atoms. The Morgan fingerprint density at radius 1 is 1.00 bits per heavy atom. The first kappa shape index (κ1) is 25.4. The summed E-state index contributed by atoms with van der Waals surface area (Å²) in [6, 6.07) is 14.0. The maximum absolute atomic E-state index is 12.8. The maximum atomic E-state index is 12.8. The van der Waals surface area contributed by atoms with Crippen LogP contribution in [0.15, 0.2) is 54.7 Å². The number of carboxylic acids is 1. The fourth-order valence-corrected chi connectivity index (χ4v) is 6.17. The number of benzene rings is 2. The predicted octanol–water partition coefficient (Wildman–Crippen LogP) is 5.45. The molecular weight excluding hydrogens is 496 g/mol. The molecule has 9 nitrogen and oxygen atoms in total. The van der Waals surface area contributed by atoms with Crippen molar-refractivity contribution < 1.29 is 24.5 Å². The van der Waals surface area contributed by atoms with Crippen molar-refractivity contribution in [1.29, 1.82) is 0 Å². The summed E-state index contributed by atoms with van der Waals surface area (Å²) in [6.07, 6.45) is 9.37. The first-order chi connectivity index (χ1) is 18.9. The molecule has 2 saturated heterocycles. The van der Waals surface area contributed by atoms with Crippen LogP contribution in [0.4, 0.5) is 10.5 Å². The van der Waals surface area contributed by atoms with Gasteiger partial charge in [0.1, 0.15) is 11.4 Å². The van der Waals surface area contributed by atoms with Gasteiger partial charge in [0, 0.05) is 55.5 Å². The summed E-state index contributed by atoms with van der Waals surface area (Å²) in [6.45, 7) is 2.81. The Labute approximate surface area is 227 Å². The molecule has 2 aromatic carbocycles. The fraction of sp³-hybridized carbons (Fsp3) is 0.433. The molecule has 39 heavy (non-hydrogen) atoms. The number of aromatic nitrogens is 2. The third kappa shape index (κ3) is 5.23. The number of rotatable bonds is 6. The molecule has 9 heteroatoms. The van der Waals surface area contributed by atoms with Crippen LogP contribution in [0.5, 0.6) is 5.75 Å². The smallest absolute Gasteiger partial charge is 0.415 e. The molecule has 2 aliphatic heterocycles. The molecule has 1 saturated carbocycles. The fourth-order valence-electron chi connectivity index (χ4n) is 6.17. The predicted molar refractivity (Wildman–Crippen MR) is 146 cm³/mol. The quantitative estimate of drug-likeness (QED) is 0.436. The molecule has 1 spiro atoms. The number of phenols is 1. The number of hydrogen-bond donors (Lipinski definition) is 2. The highest BCUT2D eigenvalue weighted by Crippen LogP contribution is 2.37. The monoisotopic (exact) mass is 530 g/mol. The molecule has 0 atom stereocenters. The summed E-state index contributed by atoms with van der Waals surface area (Å²) >= 11 is 0. The number of nitrogens with zero attached hydrogens (tertiary/aromatic N) is 4. The van der Waals surface area contributed by atoms with Gasteiger partial charge in [-0.3, -0.25) is 14.5 Å². The van der Waals surface area contributed by atoms with Crippen molar-refractivity contribution in [3.63, 3.8) is 0 Å². The van der Waals surface area contributed by atoms with E-state index in [1.54, 1.807) is 29.2 Å². The van der Waals surface area contributed by atoms with E-state index in [4.69, 9.17) is 14.9 Å². The lowest BCUT2D eigenvalue weighted by Crippen LogP contribution is -2.46. The van der Waals surface area contributed by atoms with Crippen molar-refractivity contribution in [1.82, 2.24) is 14.7 Å². The van der Waals surface area contributed by atoms with Gasteiger partial charge in [-0.05, 0) is 61.4 Å². The third-order valence-corrected chi connectivity index (χ3v) is 8.45. The second-order valence-corrected chi connectivity index (χ2v) is 11.1. The van der Waals surface area contributed by atoms with Crippen molar-refractivity contribution in [2.75, 3.05) is 24.5 Å². The third-order valence-electron chi connectivity index (χ3n) is 8.45. The van der Waals surface area contributed by atoms with E-state index in [1.807, 2.05) is 12.1 Å². The van der Waals surface area contributed by atoms with Crippen molar-refractivity contribution >= 4 is 17.7 Å². The molecule has 1 aliphatic carbocycles. The SMILES string of the molecule is O=C(O)c1ccc(N2CC3(CCN(Cc4cn(C5CCCCC5)nc4-c4ccc(O)cc4)CC3)OC2=O)cc1. The molecule has 3 aliphatic rings. The average molecular weight is 531 g/mol. The van der Waals surface area contributed by atoms with Crippen LogP contribution < -0.4 is 4.90 Å². The van der Waals surface area contributed by atoms with E-state index >= 15 is 0 Å². The molecule has 3 aromatic rings. The highest BCUT2D eigenvalue weighted by atomic mass is 16.6. The lowest BCUT2D eigenvalue weighted by molar-refractivity contribution is -0.000952. The van der Waals surface area contributed by atoms with Crippen LogP contribution in [0.2, 0.25) is 0 Å². The number of carbonyl (C=O) groups is 2. The minimum absolute atomic E-state index is 0.188. The summed E-state index contributed by atoms with van der Waals surface area (Å²) in [4.78, 5) is 27.9. The van der Waals surface area contributed by atoms with Gasteiger partial charge in [-0.15, -0.1) is 0 Å².